The number of alkyl carbamates (subject to hydrolysis) is 1. The second-order valence-corrected chi connectivity index (χ2v) is 10.9. The highest BCUT2D eigenvalue weighted by Gasteiger charge is 2.29. The second kappa shape index (κ2) is 15.2. The summed E-state index contributed by atoms with van der Waals surface area (Å²) in [4.78, 5) is 55.2. The maximum atomic E-state index is 12.7. The number of aromatic nitrogens is 2. The molecule has 0 bridgehead atoms. The smallest absolute Gasteiger partial charge is 0.430 e. The summed E-state index contributed by atoms with van der Waals surface area (Å²) < 4.78 is 37.8. The number of hydrogen-bond acceptors (Lipinski definition) is 10. The fourth-order valence-corrected chi connectivity index (χ4v) is 4.96. The fraction of sp³-hybridized carbons (Fsp3) is 0.200. The van der Waals surface area contributed by atoms with E-state index in [-0.39, 0.29) is 13.2 Å². The van der Waals surface area contributed by atoms with Gasteiger partial charge in [0.1, 0.15) is 30.1 Å². The molecule has 0 spiro atoms. The molecule has 5 rings (SSSR count). The molecule has 47 heavy (non-hydrogen) atoms. The van der Waals surface area contributed by atoms with Crippen LogP contribution >= 0.6 is 11.3 Å². The Morgan fingerprint density at radius 2 is 1.81 bits per heavy atom. The number of nitrogens with two attached hydrogens (primary N) is 1. The molecule has 5 N–H and O–H groups in total. The van der Waals surface area contributed by atoms with Crippen molar-refractivity contribution in [3.05, 3.63) is 104 Å². The van der Waals surface area contributed by atoms with Gasteiger partial charge < -0.3 is 30.4 Å². The summed E-state index contributed by atoms with van der Waals surface area (Å²) in [6.07, 6.45) is -4.57. The zero-order valence-corrected chi connectivity index (χ0v) is 25.3. The van der Waals surface area contributed by atoms with Crippen molar-refractivity contribution in [3.8, 4) is 0 Å². The number of quaternary nitrogens is 1. The molecule has 1 aliphatic rings. The van der Waals surface area contributed by atoms with E-state index >= 15 is 0 Å². The summed E-state index contributed by atoms with van der Waals surface area (Å²) in [7, 11) is 0. The zero-order valence-electron chi connectivity index (χ0n) is 24.5. The van der Waals surface area contributed by atoms with Crippen LogP contribution in [-0.4, -0.2) is 50.7 Å². The van der Waals surface area contributed by atoms with Crippen molar-refractivity contribution >= 4 is 52.4 Å². The third kappa shape index (κ3) is 9.72. The van der Waals surface area contributed by atoms with Gasteiger partial charge in [-0.2, -0.15) is 23.1 Å². The number of hydrogen-bond donors (Lipinski definition) is 4. The van der Waals surface area contributed by atoms with Crippen molar-refractivity contribution < 1.29 is 47.8 Å². The van der Waals surface area contributed by atoms with Crippen LogP contribution < -0.4 is 26.7 Å². The van der Waals surface area contributed by atoms with Crippen LogP contribution in [0.1, 0.15) is 21.6 Å². The third-order valence-corrected chi connectivity index (χ3v) is 7.38. The quantitative estimate of drug-likeness (QED) is 0.183. The maximum absolute atomic E-state index is 12.7. The van der Waals surface area contributed by atoms with Crippen LogP contribution in [0.5, 0.6) is 0 Å². The number of carboxylic acids is 2. The molecule has 17 heteroatoms. The number of alkyl halides is 3. The van der Waals surface area contributed by atoms with Gasteiger partial charge in [-0.3, -0.25) is 9.88 Å². The number of carboxylic acid groups (broad SMARTS) is 2. The van der Waals surface area contributed by atoms with Gasteiger partial charge in [0, 0.05) is 28.1 Å². The van der Waals surface area contributed by atoms with Crippen LogP contribution in [0.25, 0.3) is 0 Å². The van der Waals surface area contributed by atoms with Gasteiger partial charge in [-0.25, -0.2) is 14.4 Å². The first-order chi connectivity index (χ1) is 22.3. The minimum absolute atomic E-state index is 0.00819. The van der Waals surface area contributed by atoms with Crippen molar-refractivity contribution in [3.63, 3.8) is 0 Å². The van der Waals surface area contributed by atoms with E-state index in [0.29, 0.717) is 17.9 Å². The molecule has 0 saturated carbocycles. The van der Waals surface area contributed by atoms with E-state index in [1.165, 1.54) is 6.20 Å². The first-order valence-electron chi connectivity index (χ1n) is 13.7. The van der Waals surface area contributed by atoms with Crippen molar-refractivity contribution in [2.45, 2.75) is 38.8 Å². The number of amidine groups is 1. The van der Waals surface area contributed by atoms with Gasteiger partial charge in [-0.05, 0) is 24.6 Å². The molecule has 0 aliphatic carbocycles. The Bertz CT molecular complexity index is 1840. The van der Waals surface area contributed by atoms with Gasteiger partial charge >= 0.3 is 23.9 Å². The van der Waals surface area contributed by atoms with Crippen LogP contribution in [0.4, 0.5) is 35.2 Å². The Morgan fingerprint density at radius 3 is 2.47 bits per heavy atom. The number of rotatable bonds is 10. The average molecular weight is 673 g/mol. The zero-order chi connectivity index (χ0) is 34.1. The van der Waals surface area contributed by atoms with E-state index in [2.05, 4.69) is 32.0 Å². The van der Waals surface area contributed by atoms with E-state index in [1.807, 2.05) is 35.7 Å². The van der Waals surface area contributed by atoms with Gasteiger partial charge in [-0.1, -0.05) is 42.5 Å². The van der Waals surface area contributed by atoms with Crippen molar-refractivity contribution in [2.75, 3.05) is 5.32 Å². The van der Waals surface area contributed by atoms with E-state index < -0.39 is 35.9 Å². The number of aliphatic imine (C=N–C) groups is 1. The molecule has 2 aromatic heterocycles. The number of benzene rings is 2. The molecule has 13 nitrogen and oxygen atoms in total. The number of aliphatic carboxylic acids is 2. The number of carbonyl (C=O) groups excluding carboxylic acids is 2. The Morgan fingerprint density at radius 1 is 1.13 bits per heavy atom. The summed E-state index contributed by atoms with van der Waals surface area (Å²) in [5.41, 5.74) is 3.84. The molecule has 0 radical (unpaired) electrons. The number of thiophene rings is 1. The lowest BCUT2D eigenvalue weighted by atomic mass is 10.2. The maximum Gasteiger partial charge on any atom is 0.430 e. The van der Waals surface area contributed by atoms with Crippen molar-refractivity contribution in [2.24, 2.45) is 4.99 Å². The minimum atomic E-state index is -5.19. The lowest BCUT2D eigenvalue weighted by Crippen LogP contribution is -2.80. The Balaban J connectivity index is 0.000000644. The molecular weight excluding hydrogens is 645 g/mol. The highest BCUT2D eigenvalue weighted by atomic mass is 32.1. The number of halogens is 3. The lowest BCUT2D eigenvalue weighted by Gasteiger charge is -2.17. The molecule has 1 atom stereocenters. The summed E-state index contributed by atoms with van der Waals surface area (Å²) in [5.74, 6) is -3.00. The Hall–Kier alpha value is -5.55. The Kier molecular flexibility index (Phi) is 11.1. The van der Waals surface area contributed by atoms with Gasteiger partial charge in [0.05, 0.1) is 18.7 Å². The number of nitrogens with one attached hydrogen (secondary N) is 2. The van der Waals surface area contributed by atoms with E-state index in [4.69, 9.17) is 14.6 Å². The fourth-order valence-electron chi connectivity index (χ4n) is 4.14. The Labute approximate surface area is 268 Å². The highest BCUT2D eigenvalue weighted by Crippen LogP contribution is 2.26. The van der Waals surface area contributed by atoms with E-state index in [1.54, 1.807) is 42.5 Å². The lowest BCUT2D eigenvalue weighted by molar-refractivity contribution is -0.437. The first kappa shape index (κ1) is 34.3. The number of fused-ring (bicyclic) bond motifs is 1. The molecule has 4 aromatic rings. The third-order valence-electron chi connectivity index (χ3n) is 6.44. The topological polar surface area (TPSA) is 192 Å². The van der Waals surface area contributed by atoms with Crippen molar-refractivity contribution in [1.29, 1.82) is 0 Å². The highest BCUT2D eigenvalue weighted by molar-refractivity contribution is 7.10. The summed E-state index contributed by atoms with van der Waals surface area (Å²) in [6, 6.07) is 17.6. The number of carbonyl (C=O) groups is 3. The largest absolute Gasteiger partial charge is 0.542 e. The number of aryl methyl sites for hydroxylation is 1. The van der Waals surface area contributed by atoms with Gasteiger partial charge in [0.15, 0.2) is 5.69 Å². The first-order valence-corrected chi connectivity index (χ1v) is 14.6. The number of para-hydroxylation sites is 2. The molecule has 1 aliphatic heterocycles. The van der Waals surface area contributed by atoms with Crippen LogP contribution in [0, 0.1) is 6.92 Å². The molecule has 2 aromatic carbocycles. The number of ether oxygens (including phenoxy) is 1. The van der Waals surface area contributed by atoms with E-state index in [9.17, 15) is 32.7 Å². The predicted octanol–water partition coefficient (Wildman–Crippen LogP) is 2.19. The SMILES string of the molecule is Cc1cn(C[C@H](NC(=O)OCc2ccccc2)C(=O)O)c(=O)nc1NCc1cc(C2=Nc3ccccc3[NH2+]2)cs1.O=C([O-])C(F)(F)F. The normalized spacial score (nSPS) is 12.6. The molecule has 0 unspecified atom stereocenters. The van der Waals surface area contributed by atoms with Gasteiger partial charge in [0.2, 0.25) is 5.84 Å². The van der Waals surface area contributed by atoms with Gasteiger partial charge in [-0.15, -0.1) is 11.3 Å². The van der Waals surface area contributed by atoms with Crippen LogP contribution in [0.15, 0.2) is 82.0 Å². The summed E-state index contributed by atoms with van der Waals surface area (Å²) >= 11 is 1.58. The van der Waals surface area contributed by atoms with Crippen LogP contribution in [0.2, 0.25) is 0 Å². The number of anilines is 1. The van der Waals surface area contributed by atoms with Crippen molar-refractivity contribution in [1.82, 2.24) is 14.9 Å². The second-order valence-electron chi connectivity index (χ2n) is 9.95. The molecule has 0 saturated heterocycles. The van der Waals surface area contributed by atoms with Crippen LogP contribution in [0.3, 0.4) is 0 Å². The number of nitrogens with zero attached hydrogens (tertiary/aromatic N) is 3. The van der Waals surface area contributed by atoms with E-state index in [0.717, 1.165) is 37.8 Å². The van der Waals surface area contributed by atoms with Gasteiger partial charge in [0.25, 0.3) is 0 Å². The number of amides is 1. The standard InChI is InChI=1S/C28H26N6O5S.C2HF3O2/c1-17-13-34(14-23(26(35)36)32-28(38)39-15-18-7-3-2-4-8-18)27(37)33-24(17)29-12-20-11-19(16-40-20)25-30-21-9-5-6-10-22(21)31-25;3-2(4,5)1(6)7/h2-11,13,16,23H,12,14-15H2,1H3,(H,30,31)(H,32,38)(H,35,36)(H,29,33,37);(H,6,7)/t23-;/m0./s1. The summed E-state index contributed by atoms with van der Waals surface area (Å²) in [6.45, 7) is 1.90. The monoisotopic (exact) mass is 672 g/mol. The van der Waals surface area contributed by atoms with Crippen LogP contribution in [-0.2, 0) is 34.0 Å². The molecular formula is C30H27F3N6O7S. The molecule has 3 heterocycles. The predicted molar refractivity (Wildman–Crippen MR) is 161 cm³/mol. The summed E-state index contributed by atoms with van der Waals surface area (Å²) in [5, 5.41) is 28.0. The molecule has 1 amide bonds. The minimum Gasteiger partial charge on any atom is -0.542 e. The molecule has 246 valence electrons. The molecule has 0 fully saturated rings. The average Bonchev–Trinajstić information content (AvgIpc) is 3.68.